The van der Waals surface area contributed by atoms with Gasteiger partial charge >= 0.3 is 0 Å². The van der Waals surface area contributed by atoms with Crippen LogP contribution in [0, 0.1) is 5.92 Å². The van der Waals surface area contributed by atoms with E-state index >= 15 is 0 Å². The molecule has 0 aromatic heterocycles. The number of likely N-dealkylation sites (tertiary alicyclic amines) is 1. The molecule has 9 heteroatoms. The number of hydrogen-bond acceptors (Lipinski definition) is 6. The van der Waals surface area contributed by atoms with Gasteiger partial charge in [-0.25, -0.2) is 5.48 Å². The lowest BCUT2D eigenvalue weighted by molar-refractivity contribution is -0.137. The molecule has 2 heterocycles. The van der Waals surface area contributed by atoms with Gasteiger partial charge in [0.05, 0.1) is 18.1 Å². The molecular formula is C22H33BrN4O4. The van der Waals surface area contributed by atoms with E-state index in [4.69, 9.17) is 0 Å². The molecular weight excluding hydrogens is 464 g/mol. The molecule has 2 aliphatic heterocycles. The lowest BCUT2D eigenvalue weighted by Gasteiger charge is -2.43. The molecule has 0 spiro atoms. The summed E-state index contributed by atoms with van der Waals surface area (Å²) < 4.78 is 0.656. The standard InChI is InChI=1S/C22H33BrN4O4/c1-16(13-17-3-4-20(28)19(23)14-17)22(30)27-11-9-26(10-12-27)18-5-7-25(8-6-18)15-21(29)24-31-2/h3-4,14,16,18,28H,5-13,15H2,1-2H3,(H,24,29)/t16-/m1/s1. The number of phenols is 1. The number of piperidine rings is 1. The first kappa shape index (κ1) is 24.0. The summed E-state index contributed by atoms with van der Waals surface area (Å²) in [5, 5.41) is 9.65. The Bertz CT molecular complexity index is 762. The second-order valence-electron chi connectivity index (χ2n) is 8.49. The Hall–Kier alpha value is -1.68. The largest absolute Gasteiger partial charge is 0.507 e. The highest BCUT2D eigenvalue weighted by Gasteiger charge is 2.30. The van der Waals surface area contributed by atoms with Crippen LogP contribution in [0.15, 0.2) is 22.7 Å². The molecule has 0 aliphatic carbocycles. The predicted molar refractivity (Wildman–Crippen MR) is 121 cm³/mol. The second-order valence-corrected chi connectivity index (χ2v) is 9.34. The number of benzene rings is 1. The number of halogens is 1. The van der Waals surface area contributed by atoms with Gasteiger partial charge in [-0.1, -0.05) is 13.0 Å². The maximum atomic E-state index is 12.9. The van der Waals surface area contributed by atoms with E-state index in [1.165, 1.54) is 7.11 Å². The van der Waals surface area contributed by atoms with Crippen molar-refractivity contribution in [2.75, 3.05) is 52.9 Å². The minimum atomic E-state index is -0.109. The first-order chi connectivity index (χ1) is 14.9. The fourth-order valence-corrected chi connectivity index (χ4v) is 4.96. The maximum absolute atomic E-state index is 12.9. The van der Waals surface area contributed by atoms with Crippen LogP contribution in [0.4, 0.5) is 0 Å². The van der Waals surface area contributed by atoms with Gasteiger partial charge in [-0.05, 0) is 52.9 Å². The number of rotatable bonds is 7. The maximum Gasteiger partial charge on any atom is 0.257 e. The molecule has 8 nitrogen and oxygen atoms in total. The second kappa shape index (κ2) is 11.3. The van der Waals surface area contributed by atoms with Crippen LogP contribution in [-0.2, 0) is 20.8 Å². The molecule has 2 fully saturated rings. The smallest absolute Gasteiger partial charge is 0.257 e. The quantitative estimate of drug-likeness (QED) is 0.558. The van der Waals surface area contributed by atoms with Crippen LogP contribution in [-0.4, -0.2) is 90.6 Å². The molecule has 1 atom stereocenters. The number of phenolic OH excluding ortho intramolecular Hbond substituents is 1. The molecule has 3 rings (SSSR count). The summed E-state index contributed by atoms with van der Waals surface area (Å²) in [5.74, 6) is 0.206. The monoisotopic (exact) mass is 496 g/mol. The molecule has 0 radical (unpaired) electrons. The van der Waals surface area contributed by atoms with Gasteiger partial charge in [-0.2, -0.15) is 0 Å². The summed E-state index contributed by atoms with van der Waals surface area (Å²) in [6, 6.07) is 5.92. The Morgan fingerprint density at radius 3 is 2.48 bits per heavy atom. The molecule has 2 saturated heterocycles. The molecule has 172 valence electrons. The summed E-state index contributed by atoms with van der Waals surface area (Å²) in [6.45, 7) is 7.48. The van der Waals surface area contributed by atoms with Crippen LogP contribution in [0.5, 0.6) is 5.75 Å². The summed E-state index contributed by atoms with van der Waals surface area (Å²) in [5.41, 5.74) is 3.41. The van der Waals surface area contributed by atoms with Crippen molar-refractivity contribution in [3.05, 3.63) is 28.2 Å². The molecule has 2 amide bonds. The lowest BCUT2D eigenvalue weighted by Crippen LogP contribution is -2.55. The van der Waals surface area contributed by atoms with Gasteiger partial charge in [0.25, 0.3) is 5.91 Å². The van der Waals surface area contributed by atoms with Crippen molar-refractivity contribution in [1.82, 2.24) is 20.2 Å². The van der Waals surface area contributed by atoms with Gasteiger partial charge in [0, 0.05) is 51.2 Å². The molecule has 2 N–H and O–H groups in total. The normalized spacial score (nSPS) is 19.9. The zero-order valence-corrected chi connectivity index (χ0v) is 19.9. The van der Waals surface area contributed by atoms with Crippen molar-refractivity contribution in [3.63, 3.8) is 0 Å². The van der Waals surface area contributed by atoms with Crippen LogP contribution in [0.25, 0.3) is 0 Å². The van der Waals surface area contributed by atoms with E-state index in [0.717, 1.165) is 57.7 Å². The van der Waals surface area contributed by atoms with E-state index in [1.54, 1.807) is 6.07 Å². The van der Waals surface area contributed by atoms with Gasteiger partial charge < -0.3 is 10.0 Å². The van der Waals surface area contributed by atoms with E-state index in [-0.39, 0.29) is 23.5 Å². The highest BCUT2D eigenvalue weighted by atomic mass is 79.9. The topological polar surface area (TPSA) is 85.4 Å². The third-order valence-corrected chi connectivity index (χ3v) is 6.89. The van der Waals surface area contributed by atoms with E-state index in [2.05, 4.69) is 36.0 Å². The molecule has 0 unspecified atom stereocenters. The fourth-order valence-electron chi connectivity index (χ4n) is 4.53. The Balaban J connectivity index is 1.41. The van der Waals surface area contributed by atoms with Crippen LogP contribution >= 0.6 is 15.9 Å². The van der Waals surface area contributed by atoms with Crippen LogP contribution in [0.2, 0.25) is 0 Å². The van der Waals surface area contributed by atoms with Gasteiger partial charge in [0.15, 0.2) is 0 Å². The van der Waals surface area contributed by atoms with E-state index in [9.17, 15) is 14.7 Å². The fraction of sp³-hybridized carbons (Fsp3) is 0.636. The van der Waals surface area contributed by atoms with Crippen molar-refractivity contribution < 1.29 is 19.5 Å². The van der Waals surface area contributed by atoms with Crippen LogP contribution in [0.1, 0.15) is 25.3 Å². The Morgan fingerprint density at radius 1 is 1.19 bits per heavy atom. The highest BCUT2D eigenvalue weighted by Crippen LogP contribution is 2.26. The van der Waals surface area contributed by atoms with E-state index in [1.807, 2.05) is 24.0 Å². The Morgan fingerprint density at radius 2 is 1.87 bits per heavy atom. The van der Waals surface area contributed by atoms with E-state index in [0.29, 0.717) is 23.5 Å². The first-order valence-corrected chi connectivity index (χ1v) is 11.7. The number of nitrogens with zero attached hydrogens (tertiary/aromatic N) is 3. The minimum Gasteiger partial charge on any atom is -0.507 e. The van der Waals surface area contributed by atoms with Crippen LogP contribution < -0.4 is 5.48 Å². The average molecular weight is 497 g/mol. The number of amides is 2. The summed E-state index contributed by atoms with van der Waals surface area (Å²) in [6.07, 6.45) is 2.74. The number of nitrogens with one attached hydrogen (secondary N) is 1. The van der Waals surface area contributed by atoms with Crippen molar-refractivity contribution in [2.24, 2.45) is 5.92 Å². The number of piperazine rings is 1. The van der Waals surface area contributed by atoms with Gasteiger partial charge in [0.1, 0.15) is 5.75 Å². The predicted octanol–water partition coefficient (Wildman–Crippen LogP) is 1.62. The summed E-state index contributed by atoms with van der Waals surface area (Å²) >= 11 is 3.34. The summed E-state index contributed by atoms with van der Waals surface area (Å²) in [7, 11) is 1.45. The van der Waals surface area contributed by atoms with Crippen molar-refractivity contribution in [2.45, 2.75) is 32.2 Å². The average Bonchev–Trinajstić information content (AvgIpc) is 2.76. The van der Waals surface area contributed by atoms with Gasteiger partial charge in [-0.3, -0.25) is 24.2 Å². The zero-order chi connectivity index (χ0) is 22.4. The van der Waals surface area contributed by atoms with Gasteiger partial charge in [0.2, 0.25) is 5.91 Å². The minimum absolute atomic E-state index is 0.0931. The number of hydrogen-bond donors (Lipinski definition) is 2. The number of carbonyl (C=O) groups excluding carboxylic acids is 2. The van der Waals surface area contributed by atoms with Gasteiger partial charge in [-0.15, -0.1) is 0 Å². The number of hydroxylamine groups is 1. The molecule has 0 saturated carbocycles. The molecule has 31 heavy (non-hydrogen) atoms. The summed E-state index contributed by atoms with van der Waals surface area (Å²) in [4.78, 5) is 35.9. The van der Waals surface area contributed by atoms with Crippen LogP contribution in [0.3, 0.4) is 0 Å². The van der Waals surface area contributed by atoms with Crippen molar-refractivity contribution >= 4 is 27.7 Å². The number of aromatic hydroxyl groups is 1. The third kappa shape index (κ3) is 6.65. The third-order valence-electron chi connectivity index (χ3n) is 6.26. The SMILES string of the molecule is CONC(=O)CN1CCC(N2CCN(C(=O)[C@H](C)Cc3ccc(O)c(Br)c3)CC2)CC1. The molecule has 0 bridgehead atoms. The first-order valence-electron chi connectivity index (χ1n) is 10.9. The molecule has 2 aliphatic rings. The number of carbonyl (C=O) groups is 2. The zero-order valence-electron chi connectivity index (χ0n) is 18.3. The lowest BCUT2D eigenvalue weighted by atomic mass is 9.98. The Labute approximate surface area is 192 Å². The Kier molecular flexibility index (Phi) is 8.71. The van der Waals surface area contributed by atoms with Crippen molar-refractivity contribution in [3.8, 4) is 5.75 Å². The van der Waals surface area contributed by atoms with Crippen molar-refractivity contribution in [1.29, 1.82) is 0 Å². The highest BCUT2D eigenvalue weighted by molar-refractivity contribution is 9.10. The van der Waals surface area contributed by atoms with E-state index < -0.39 is 0 Å². The molecule has 1 aromatic rings. The molecule has 1 aromatic carbocycles.